The zero-order valence-electron chi connectivity index (χ0n) is 36.7. The lowest BCUT2D eigenvalue weighted by Crippen LogP contribution is -2.19. The Hall–Kier alpha value is -5.78. The number of halogens is 2. The lowest BCUT2D eigenvalue weighted by molar-refractivity contribution is 0.0428. The molecule has 0 unspecified atom stereocenters. The summed E-state index contributed by atoms with van der Waals surface area (Å²) in [5.41, 5.74) is 2.00. The number of rotatable bonds is 5. The standard InChI is InChI=1S/C45H41F2N5/c1-29-12-15-34(16-13-29)50-28-51(40-11-9-8-10-39(40)50)35-23-32(44(5,6)7)22-33(24-35)45(46,47)31-14-17-36-37-27-48-20-19-38(37)52(41(36)25-31)42-26-30(18-21-49-42)43(2,3)4/h8-27H,1-7H3/q+2/i1D3,12D,13D,15D,16D. The largest absolute Gasteiger partial charge is 0.503 e. The Labute approximate surface area is 312 Å². The van der Waals surface area contributed by atoms with Crippen LogP contribution in [0.4, 0.5) is 31.5 Å². The number of hydrogen-bond donors (Lipinski definition) is 0. The van der Waals surface area contributed by atoms with Crippen molar-refractivity contribution in [2.45, 2.75) is 65.1 Å². The fourth-order valence-corrected chi connectivity index (χ4v) is 6.67. The van der Waals surface area contributed by atoms with E-state index in [1.54, 1.807) is 59.6 Å². The van der Waals surface area contributed by atoms with Crippen LogP contribution in [0.15, 0.2) is 122 Å². The molecule has 3 aromatic heterocycles. The summed E-state index contributed by atoms with van der Waals surface area (Å²) in [6.45, 7) is 9.22. The molecule has 1 aliphatic heterocycles. The van der Waals surface area contributed by atoms with Crippen molar-refractivity contribution in [3.05, 3.63) is 149 Å². The average Bonchev–Trinajstić information content (AvgIpc) is 3.72. The van der Waals surface area contributed by atoms with Crippen molar-refractivity contribution in [2.24, 2.45) is 0 Å². The quantitative estimate of drug-likeness (QED) is 0.168. The first kappa shape index (κ1) is 26.1. The van der Waals surface area contributed by atoms with Crippen molar-refractivity contribution in [1.29, 1.82) is 0 Å². The van der Waals surface area contributed by atoms with Gasteiger partial charge in [-0.15, -0.1) is 0 Å². The van der Waals surface area contributed by atoms with Crippen LogP contribution in [0.2, 0.25) is 0 Å². The molecule has 1 aliphatic rings. The van der Waals surface area contributed by atoms with Crippen LogP contribution >= 0.6 is 0 Å². The normalized spacial score (nSPS) is 15.6. The first-order valence-electron chi connectivity index (χ1n) is 20.5. The minimum atomic E-state index is -3.52. The Morgan fingerprint density at radius 2 is 1.37 bits per heavy atom. The molecule has 7 heteroatoms. The van der Waals surface area contributed by atoms with Gasteiger partial charge in [0.2, 0.25) is 11.4 Å². The zero-order valence-corrected chi connectivity index (χ0v) is 29.7. The molecule has 0 saturated carbocycles. The molecule has 0 bridgehead atoms. The molecule has 0 atom stereocenters. The number of benzene rings is 4. The fourth-order valence-electron chi connectivity index (χ4n) is 6.67. The monoisotopic (exact) mass is 696 g/mol. The topological polar surface area (TPSA) is 36.7 Å². The highest BCUT2D eigenvalue weighted by atomic mass is 19.3. The van der Waals surface area contributed by atoms with Gasteiger partial charge in [-0.3, -0.25) is 9.55 Å². The Bertz CT molecular complexity index is 2940. The van der Waals surface area contributed by atoms with Crippen LogP contribution in [0, 0.1) is 6.85 Å². The summed E-state index contributed by atoms with van der Waals surface area (Å²) < 4.78 is 97.8. The summed E-state index contributed by atoms with van der Waals surface area (Å²) in [6.07, 6.45) is 5.14. The van der Waals surface area contributed by atoms with Crippen molar-refractivity contribution in [3.63, 3.8) is 0 Å². The second-order valence-corrected chi connectivity index (χ2v) is 15.2. The molecule has 52 heavy (non-hydrogen) atoms. The Balaban J connectivity index is 1.35. The molecule has 0 fully saturated rings. The van der Waals surface area contributed by atoms with Crippen LogP contribution in [0.1, 0.15) is 79.0 Å². The predicted molar refractivity (Wildman–Crippen MR) is 209 cm³/mol. The number of fused-ring (bicyclic) bond motifs is 4. The molecule has 8 rings (SSSR count). The van der Waals surface area contributed by atoms with Gasteiger partial charge in [0.25, 0.3) is 17.3 Å². The maximum Gasteiger partial charge on any atom is 0.503 e. The van der Waals surface area contributed by atoms with Crippen LogP contribution in [0.5, 0.6) is 0 Å². The third-order valence-corrected chi connectivity index (χ3v) is 9.57. The minimum absolute atomic E-state index is 0.180. The zero-order chi connectivity index (χ0) is 42.6. The van der Waals surface area contributed by atoms with Crippen molar-refractivity contribution in [2.75, 3.05) is 0 Å². The van der Waals surface area contributed by atoms with Gasteiger partial charge in [-0.2, -0.15) is 8.78 Å². The van der Waals surface area contributed by atoms with Gasteiger partial charge in [-0.25, -0.2) is 4.98 Å². The number of hydrogen-bond acceptors (Lipinski definition) is 2. The van der Waals surface area contributed by atoms with E-state index < -0.39 is 47.9 Å². The molecule has 0 radical (unpaired) electrons. The Morgan fingerprint density at radius 1 is 0.673 bits per heavy atom. The van der Waals surface area contributed by atoms with Gasteiger partial charge in [-0.1, -0.05) is 83.5 Å². The summed E-state index contributed by atoms with van der Waals surface area (Å²) in [5, 5.41) is 1.55. The first-order valence-corrected chi connectivity index (χ1v) is 17.0. The van der Waals surface area contributed by atoms with Gasteiger partial charge in [-0.05, 0) is 68.3 Å². The Morgan fingerprint density at radius 3 is 2.06 bits per heavy atom. The molecule has 0 N–H and O–H groups in total. The lowest BCUT2D eigenvalue weighted by atomic mass is 9.84. The lowest BCUT2D eigenvalue weighted by Gasteiger charge is -2.23. The van der Waals surface area contributed by atoms with Gasteiger partial charge < -0.3 is 0 Å². The molecule has 0 aliphatic carbocycles. The van der Waals surface area contributed by atoms with Crippen molar-refractivity contribution in [1.82, 2.24) is 23.7 Å². The van der Waals surface area contributed by atoms with E-state index in [1.165, 1.54) is 28.8 Å². The molecular weight excluding hydrogens is 649 g/mol. The molecule has 4 heterocycles. The number of pyridine rings is 2. The number of aromatic nitrogens is 3. The molecular formula is C45H41F2N5+2. The molecule has 7 aromatic rings. The van der Waals surface area contributed by atoms with Crippen LogP contribution < -0.4 is 9.15 Å². The predicted octanol–water partition coefficient (Wildman–Crippen LogP) is 11.5. The molecule has 0 saturated heterocycles. The summed E-state index contributed by atoms with van der Waals surface area (Å²) in [6, 6.07) is 22.6. The molecule has 4 aromatic carbocycles. The summed E-state index contributed by atoms with van der Waals surface area (Å²) >= 11 is 0. The van der Waals surface area contributed by atoms with Crippen molar-refractivity contribution in [3.8, 4) is 5.82 Å². The summed E-state index contributed by atoms with van der Waals surface area (Å²) in [4.78, 5) is 9.03. The van der Waals surface area contributed by atoms with Gasteiger partial charge in [0.1, 0.15) is 5.82 Å². The minimum Gasteiger partial charge on any atom is -0.294 e. The fraction of sp³-hybridized carbons (Fsp3) is 0.222. The van der Waals surface area contributed by atoms with E-state index in [4.69, 9.17) is 14.6 Å². The highest BCUT2D eigenvalue weighted by Gasteiger charge is 2.40. The second kappa shape index (κ2) is 11.9. The third-order valence-electron chi connectivity index (χ3n) is 9.57. The highest BCUT2D eigenvalue weighted by molar-refractivity contribution is 6.09. The number of alkyl halides is 2. The van der Waals surface area contributed by atoms with Crippen molar-refractivity contribution >= 4 is 50.6 Å². The van der Waals surface area contributed by atoms with E-state index in [0.717, 1.165) is 21.9 Å². The molecule has 0 amide bonds. The van der Waals surface area contributed by atoms with E-state index in [1.807, 2.05) is 43.5 Å². The van der Waals surface area contributed by atoms with Crippen LogP contribution in [-0.2, 0) is 16.8 Å². The summed E-state index contributed by atoms with van der Waals surface area (Å²) in [5.74, 6) is -2.92. The third kappa shape index (κ3) is 5.62. The van der Waals surface area contributed by atoms with Crippen LogP contribution in [-0.4, -0.2) is 20.5 Å². The number of nitrogens with zero attached hydrogens (tertiary/aromatic N) is 5. The molecule has 0 spiro atoms. The van der Waals surface area contributed by atoms with E-state index in [9.17, 15) is 0 Å². The SMILES string of the molecule is [2H]c1c([2H])c(C([2H])([2H])[2H])c([2H])c([2H])c1[N+]1=C=[N+](c2cc(C(C)(C)C)cc(C(F)(F)c3ccc4c5cnccc5n(-c5cc(C(C)(C)C)ccn5)c4c3)c2)c2ccccc21. The number of para-hydroxylation sites is 2. The smallest absolute Gasteiger partial charge is 0.294 e. The van der Waals surface area contributed by atoms with E-state index in [2.05, 4.69) is 31.8 Å². The average molecular weight is 697 g/mol. The van der Waals surface area contributed by atoms with Crippen molar-refractivity contribution < 1.29 is 18.4 Å². The summed E-state index contributed by atoms with van der Waals surface area (Å²) in [7, 11) is 0. The highest BCUT2D eigenvalue weighted by Crippen LogP contribution is 2.44. The maximum absolute atomic E-state index is 17.4. The van der Waals surface area contributed by atoms with Crippen LogP contribution in [0.25, 0.3) is 27.6 Å². The molecule has 5 nitrogen and oxygen atoms in total. The molecule has 258 valence electrons. The van der Waals surface area contributed by atoms with E-state index in [-0.39, 0.29) is 22.2 Å². The maximum atomic E-state index is 17.4. The first-order chi connectivity index (χ1) is 27.6. The van der Waals surface area contributed by atoms with E-state index in [0.29, 0.717) is 34.0 Å². The van der Waals surface area contributed by atoms with Gasteiger partial charge in [0.05, 0.1) is 16.5 Å². The van der Waals surface area contributed by atoms with Gasteiger partial charge >= 0.3 is 6.01 Å². The van der Waals surface area contributed by atoms with Crippen LogP contribution in [0.3, 0.4) is 0 Å². The second-order valence-electron chi connectivity index (χ2n) is 15.2. The Kier molecular flexibility index (Phi) is 5.96. The van der Waals surface area contributed by atoms with Gasteiger partial charge in [0.15, 0.2) is 0 Å². The van der Waals surface area contributed by atoms with E-state index >= 15 is 8.78 Å². The van der Waals surface area contributed by atoms with Gasteiger partial charge in [0, 0.05) is 81.0 Å².